The van der Waals surface area contributed by atoms with E-state index in [-0.39, 0.29) is 5.82 Å². The van der Waals surface area contributed by atoms with Crippen LogP contribution < -0.4 is 4.74 Å². The number of benzene rings is 4. The molecule has 0 amide bonds. The molecule has 0 aliphatic carbocycles. The summed E-state index contributed by atoms with van der Waals surface area (Å²) >= 11 is 2.23. The summed E-state index contributed by atoms with van der Waals surface area (Å²) in [5.74, 6) is 0.830. The number of allylic oxidation sites excluding steroid dienone is 1. The molecule has 0 fully saturated rings. The first kappa shape index (κ1) is 21.2. The van der Waals surface area contributed by atoms with Crippen molar-refractivity contribution in [3.63, 3.8) is 0 Å². The fourth-order valence-electron chi connectivity index (χ4n) is 3.73. The number of nitrogens with one attached hydrogen (secondary N) is 1. The molecule has 0 spiro atoms. The van der Waals surface area contributed by atoms with E-state index in [0.29, 0.717) is 29.0 Å². The molecule has 160 valence electrons. The smallest absolute Gasteiger partial charge is 0.149 e. The maximum absolute atomic E-state index is 13.5. The van der Waals surface area contributed by atoms with Crippen LogP contribution in [0, 0.1) is 20.7 Å². The molecule has 0 atom stereocenters. The minimum absolute atomic E-state index is 0.353. The van der Waals surface area contributed by atoms with Crippen molar-refractivity contribution in [3.8, 4) is 11.8 Å². The molecule has 6 heteroatoms. The monoisotopic (exact) mass is 545 g/mol. The quantitative estimate of drug-likeness (QED) is 0.189. The summed E-state index contributed by atoms with van der Waals surface area (Å²) in [7, 11) is 0. The molecule has 5 rings (SSSR count). The predicted octanol–water partition coefficient (Wildman–Crippen LogP) is 7.10. The van der Waals surface area contributed by atoms with Gasteiger partial charge in [-0.05, 0) is 80.9 Å². The molecule has 0 radical (unpaired) electrons. The van der Waals surface area contributed by atoms with Crippen molar-refractivity contribution in [2.24, 2.45) is 0 Å². The van der Waals surface area contributed by atoms with Gasteiger partial charge < -0.3 is 9.72 Å². The third-order valence-corrected chi connectivity index (χ3v) is 6.19. The molecule has 0 saturated carbocycles. The lowest BCUT2D eigenvalue weighted by atomic mass is 10.1. The van der Waals surface area contributed by atoms with Crippen LogP contribution in [-0.2, 0) is 6.61 Å². The number of aromatic amines is 1. The highest BCUT2D eigenvalue weighted by atomic mass is 127. The Morgan fingerprint density at radius 3 is 2.76 bits per heavy atom. The van der Waals surface area contributed by atoms with E-state index in [9.17, 15) is 9.65 Å². The van der Waals surface area contributed by atoms with E-state index in [2.05, 4.69) is 62.9 Å². The van der Waals surface area contributed by atoms with Gasteiger partial charge in [0.25, 0.3) is 0 Å². The molecule has 0 aliphatic heterocycles. The molecule has 0 unspecified atom stereocenters. The zero-order valence-corrected chi connectivity index (χ0v) is 19.5. The van der Waals surface area contributed by atoms with Gasteiger partial charge in [0.2, 0.25) is 0 Å². The minimum atomic E-state index is -0.353. The van der Waals surface area contributed by atoms with E-state index in [1.54, 1.807) is 12.1 Å². The van der Waals surface area contributed by atoms with Crippen LogP contribution >= 0.6 is 22.6 Å². The number of hydrogen-bond donors (Lipinski definition) is 1. The largest absolute Gasteiger partial charge is 0.488 e. The van der Waals surface area contributed by atoms with Crippen molar-refractivity contribution in [2.75, 3.05) is 0 Å². The Hall–Kier alpha value is -3.70. The Labute approximate surface area is 203 Å². The summed E-state index contributed by atoms with van der Waals surface area (Å²) in [6.07, 6.45) is 1.75. The number of ether oxygens (including phenoxy) is 1. The number of aromatic nitrogens is 2. The van der Waals surface area contributed by atoms with E-state index >= 15 is 0 Å². The van der Waals surface area contributed by atoms with Crippen LogP contribution in [0.2, 0.25) is 0 Å². The summed E-state index contributed by atoms with van der Waals surface area (Å²) in [5, 5.41) is 12.0. The molecule has 5 aromatic rings. The molecule has 0 bridgehead atoms. The summed E-state index contributed by atoms with van der Waals surface area (Å²) in [6.45, 7) is 0.464. The van der Waals surface area contributed by atoms with Gasteiger partial charge >= 0.3 is 0 Å². The van der Waals surface area contributed by atoms with Crippen molar-refractivity contribution < 1.29 is 9.13 Å². The van der Waals surface area contributed by atoms with Gasteiger partial charge in [-0.1, -0.05) is 48.5 Å². The first-order chi connectivity index (χ1) is 16.1. The maximum atomic E-state index is 13.5. The van der Waals surface area contributed by atoms with Gasteiger partial charge in [-0.2, -0.15) is 5.26 Å². The molecule has 4 aromatic carbocycles. The van der Waals surface area contributed by atoms with Gasteiger partial charge in [-0.15, -0.1) is 0 Å². The normalized spacial score (nSPS) is 11.6. The Balaban J connectivity index is 1.38. The van der Waals surface area contributed by atoms with Gasteiger partial charge in [0, 0.05) is 0 Å². The Morgan fingerprint density at radius 2 is 1.91 bits per heavy atom. The lowest BCUT2D eigenvalue weighted by Crippen LogP contribution is -1.98. The zero-order chi connectivity index (χ0) is 22.8. The van der Waals surface area contributed by atoms with Crippen LogP contribution in [0.4, 0.5) is 4.39 Å². The lowest BCUT2D eigenvalue weighted by Gasteiger charge is -2.11. The number of nitriles is 1. The van der Waals surface area contributed by atoms with Crippen molar-refractivity contribution >= 4 is 56.0 Å². The number of fused-ring (bicyclic) bond motifs is 2. The highest BCUT2D eigenvalue weighted by Gasteiger charge is 2.10. The van der Waals surface area contributed by atoms with Crippen molar-refractivity contribution in [2.45, 2.75) is 6.61 Å². The highest BCUT2D eigenvalue weighted by Crippen LogP contribution is 2.27. The summed E-state index contributed by atoms with van der Waals surface area (Å²) in [6, 6.07) is 26.7. The number of nitrogens with zero attached hydrogens (tertiary/aromatic N) is 2. The van der Waals surface area contributed by atoms with Crippen LogP contribution in [0.5, 0.6) is 5.75 Å². The van der Waals surface area contributed by atoms with E-state index in [4.69, 9.17) is 4.74 Å². The van der Waals surface area contributed by atoms with Gasteiger partial charge in [0.1, 0.15) is 30.1 Å². The van der Waals surface area contributed by atoms with Crippen LogP contribution in [0.3, 0.4) is 0 Å². The molecule has 1 heterocycles. The molecular formula is C27H17FIN3O. The van der Waals surface area contributed by atoms with Gasteiger partial charge in [0.05, 0.1) is 20.2 Å². The molecule has 0 saturated heterocycles. The average Bonchev–Trinajstić information content (AvgIpc) is 3.25. The SMILES string of the molecule is N#C/C(=C/c1ccc(OCc2cccc3ccccc23)c(I)c1)c1nc2ccc(F)cc2[nH]1. The van der Waals surface area contributed by atoms with Gasteiger partial charge in [0.15, 0.2) is 0 Å². The van der Waals surface area contributed by atoms with Crippen molar-refractivity contribution in [1.29, 1.82) is 5.26 Å². The van der Waals surface area contributed by atoms with E-state index in [1.807, 2.05) is 36.4 Å². The second kappa shape index (κ2) is 9.04. The zero-order valence-electron chi connectivity index (χ0n) is 17.3. The second-order valence-electron chi connectivity index (χ2n) is 7.53. The molecular weight excluding hydrogens is 528 g/mol. The van der Waals surface area contributed by atoms with Crippen molar-refractivity contribution in [1.82, 2.24) is 9.97 Å². The average molecular weight is 545 g/mol. The number of rotatable bonds is 5. The van der Waals surface area contributed by atoms with E-state index in [1.165, 1.54) is 22.9 Å². The number of halogens is 2. The van der Waals surface area contributed by atoms with Crippen LogP contribution in [-0.4, -0.2) is 9.97 Å². The lowest BCUT2D eigenvalue weighted by molar-refractivity contribution is 0.305. The number of imidazole rings is 1. The summed E-state index contributed by atoms with van der Waals surface area (Å²) in [5.41, 5.74) is 3.50. The fourth-order valence-corrected chi connectivity index (χ4v) is 4.42. The first-order valence-corrected chi connectivity index (χ1v) is 11.3. The van der Waals surface area contributed by atoms with Gasteiger partial charge in [-0.25, -0.2) is 9.37 Å². The Kier molecular flexibility index (Phi) is 5.80. The van der Waals surface area contributed by atoms with Crippen molar-refractivity contribution in [3.05, 3.63) is 105 Å². The molecule has 0 aliphatic rings. The molecule has 4 nitrogen and oxygen atoms in total. The summed E-state index contributed by atoms with van der Waals surface area (Å²) < 4.78 is 20.5. The summed E-state index contributed by atoms with van der Waals surface area (Å²) in [4.78, 5) is 7.43. The van der Waals surface area contributed by atoms with E-state index in [0.717, 1.165) is 20.4 Å². The van der Waals surface area contributed by atoms with Crippen LogP contribution in [0.15, 0.2) is 78.9 Å². The van der Waals surface area contributed by atoms with Gasteiger partial charge in [-0.3, -0.25) is 0 Å². The van der Waals surface area contributed by atoms with E-state index < -0.39 is 0 Å². The highest BCUT2D eigenvalue weighted by molar-refractivity contribution is 14.1. The van der Waals surface area contributed by atoms with Crippen LogP contribution in [0.25, 0.3) is 33.5 Å². The number of hydrogen-bond acceptors (Lipinski definition) is 3. The molecule has 1 aromatic heterocycles. The Bertz CT molecular complexity index is 1560. The fraction of sp³-hybridized carbons (Fsp3) is 0.0370. The maximum Gasteiger partial charge on any atom is 0.149 e. The topological polar surface area (TPSA) is 61.7 Å². The predicted molar refractivity (Wildman–Crippen MR) is 137 cm³/mol. The molecule has 33 heavy (non-hydrogen) atoms. The standard InChI is InChI=1S/C27H17FIN3O/c28-21-9-10-24-25(14-21)32-27(31-24)20(15-30)12-17-8-11-26(23(29)13-17)33-16-19-6-3-5-18-4-1-2-7-22(18)19/h1-14H,16H2,(H,31,32)/b20-12-. The first-order valence-electron chi connectivity index (χ1n) is 10.3. The molecule has 1 N–H and O–H groups in total. The minimum Gasteiger partial charge on any atom is -0.488 e. The second-order valence-corrected chi connectivity index (χ2v) is 8.70. The third kappa shape index (κ3) is 4.45. The third-order valence-electron chi connectivity index (χ3n) is 5.35. The number of H-pyrrole nitrogens is 1. The Morgan fingerprint density at radius 1 is 1.06 bits per heavy atom. The van der Waals surface area contributed by atoms with Crippen LogP contribution in [0.1, 0.15) is 17.0 Å².